The molecule has 0 bridgehead atoms. The summed E-state index contributed by atoms with van der Waals surface area (Å²) in [6.07, 6.45) is 3.54. The van der Waals surface area contributed by atoms with E-state index < -0.39 is 0 Å². The van der Waals surface area contributed by atoms with Crippen LogP contribution in [-0.2, 0) is 11.3 Å². The largest absolute Gasteiger partial charge is 0.380 e. The Hall–Kier alpha value is -0.940. The van der Waals surface area contributed by atoms with Crippen molar-refractivity contribution in [3.63, 3.8) is 0 Å². The summed E-state index contributed by atoms with van der Waals surface area (Å²) in [5, 5.41) is 10.9. The summed E-state index contributed by atoms with van der Waals surface area (Å²) in [6, 6.07) is 0.387. The van der Waals surface area contributed by atoms with Gasteiger partial charge in [0.2, 0.25) is 0 Å². The van der Waals surface area contributed by atoms with E-state index in [1.165, 1.54) is 0 Å². The Morgan fingerprint density at radius 3 is 3.07 bits per heavy atom. The van der Waals surface area contributed by atoms with Crippen molar-refractivity contribution in [3.05, 3.63) is 12.4 Å². The van der Waals surface area contributed by atoms with Gasteiger partial charge < -0.3 is 10.1 Å². The van der Waals surface area contributed by atoms with Gasteiger partial charge in [-0.3, -0.25) is 4.68 Å². The number of rotatable bonds is 7. The molecule has 0 aliphatic rings. The summed E-state index contributed by atoms with van der Waals surface area (Å²) < 4.78 is 7.09. The highest BCUT2D eigenvalue weighted by atomic mass is 16.5. The number of nitrogens with one attached hydrogen (secondary N) is 1. The lowest BCUT2D eigenvalue weighted by molar-refractivity contribution is 0.127. The van der Waals surface area contributed by atoms with Crippen LogP contribution in [0, 0.1) is 0 Å². The van der Waals surface area contributed by atoms with Crippen molar-refractivity contribution in [3.8, 4) is 0 Å². The topological polar surface area (TPSA) is 52.0 Å². The van der Waals surface area contributed by atoms with E-state index in [0.29, 0.717) is 6.04 Å². The Bertz CT molecular complexity index is 225. The number of aromatic nitrogens is 3. The van der Waals surface area contributed by atoms with Gasteiger partial charge in [-0.1, -0.05) is 5.21 Å². The van der Waals surface area contributed by atoms with Crippen LogP contribution < -0.4 is 5.32 Å². The molecule has 1 rings (SSSR count). The van der Waals surface area contributed by atoms with Gasteiger partial charge in [-0.05, 0) is 13.8 Å². The molecular formula is C9H18N4O. The Balaban J connectivity index is 2.03. The molecule has 1 N–H and O–H groups in total. The van der Waals surface area contributed by atoms with Gasteiger partial charge in [0, 0.05) is 25.4 Å². The van der Waals surface area contributed by atoms with Crippen molar-refractivity contribution in [2.45, 2.75) is 26.4 Å². The maximum absolute atomic E-state index is 5.29. The van der Waals surface area contributed by atoms with Crippen molar-refractivity contribution in [1.82, 2.24) is 20.3 Å². The third-order valence-corrected chi connectivity index (χ3v) is 1.88. The number of ether oxygens (including phenoxy) is 1. The van der Waals surface area contributed by atoms with E-state index in [9.17, 15) is 0 Å². The Kier molecular flexibility index (Phi) is 5.17. The molecule has 0 aliphatic carbocycles. The third-order valence-electron chi connectivity index (χ3n) is 1.88. The number of hydrogen-bond acceptors (Lipinski definition) is 4. The van der Waals surface area contributed by atoms with Gasteiger partial charge in [0.05, 0.1) is 19.3 Å². The molecule has 80 valence electrons. The summed E-state index contributed by atoms with van der Waals surface area (Å²) in [7, 11) is 0. The second-order valence-corrected chi connectivity index (χ2v) is 3.18. The fourth-order valence-electron chi connectivity index (χ4n) is 1.13. The minimum absolute atomic E-state index is 0.387. The highest BCUT2D eigenvalue weighted by molar-refractivity contribution is 4.65. The molecule has 1 aromatic heterocycles. The van der Waals surface area contributed by atoms with Crippen molar-refractivity contribution in [1.29, 1.82) is 0 Å². The van der Waals surface area contributed by atoms with Gasteiger partial charge in [-0.2, -0.15) is 0 Å². The lowest BCUT2D eigenvalue weighted by Crippen LogP contribution is -2.33. The highest BCUT2D eigenvalue weighted by Crippen LogP contribution is 1.85. The lowest BCUT2D eigenvalue weighted by Gasteiger charge is -2.12. The molecule has 0 radical (unpaired) electrons. The second kappa shape index (κ2) is 6.50. The standard InChI is InChI=1S/C9H18N4O/c1-3-14-8-9(2)10-4-6-13-7-5-11-12-13/h5,7,9-10H,3-4,6,8H2,1-2H3. The van der Waals surface area contributed by atoms with Crippen LogP contribution in [0.3, 0.4) is 0 Å². The molecule has 1 unspecified atom stereocenters. The highest BCUT2D eigenvalue weighted by Gasteiger charge is 1.99. The van der Waals surface area contributed by atoms with E-state index in [2.05, 4.69) is 22.6 Å². The maximum Gasteiger partial charge on any atom is 0.0692 e. The van der Waals surface area contributed by atoms with Crippen LogP contribution in [0.1, 0.15) is 13.8 Å². The van der Waals surface area contributed by atoms with E-state index >= 15 is 0 Å². The summed E-state index contributed by atoms with van der Waals surface area (Å²) in [5.74, 6) is 0. The Morgan fingerprint density at radius 2 is 2.43 bits per heavy atom. The van der Waals surface area contributed by atoms with Gasteiger partial charge in [0.1, 0.15) is 0 Å². The monoisotopic (exact) mass is 198 g/mol. The average Bonchev–Trinajstić information content (AvgIpc) is 2.67. The van der Waals surface area contributed by atoms with Crippen LogP contribution >= 0.6 is 0 Å². The number of nitrogens with zero attached hydrogens (tertiary/aromatic N) is 3. The fourth-order valence-corrected chi connectivity index (χ4v) is 1.13. The first kappa shape index (κ1) is 11.1. The van der Waals surface area contributed by atoms with Crippen LogP contribution in [0.25, 0.3) is 0 Å². The molecule has 5 heteroatoms. The van der Waals surface area contributed by atoms with Crippen LogP contribution in [0.2, 0.25) is 0 Å². The molecule has 1 aromatic rings. The average molecular weight is 198 g/mol. The minimum atomic E-state index is 0.387. The van der Waals surface area contributed by atoms with Crippen molar-refractivity contribution < 1.29 is 4.74 Å². The van der Waals surface area contributed by atoms with Crippen molar-refractivity contribution >= 4 is 0 Å². The van der Waals surface area contributed by atoms with E-state index in [0.717, 1.165) is 26.3 Å². The molecule has 14 heavy (non-hydrogen) atoms. The van der Waals surface area contributed by atoms with Gasteiger partial charge >= 0.3 is 0 Å². The van der Waals surface area contributed by atoms with E-state index in [-0.39, 0.29) is 0 Å². The zero-order chi connectivity index (χ0) is 10.2. The van der Waals surface area contributed by atoms with Gasteiger partial charge in [-0.25, -0.2) is 0 Å². The van der Waals surface area contributed by atoms with Gasteiger partial charge in [-0.15, -0.1) is 5.10 Å². The molecular weight excluding hydrogens is 180 g/mol. The van der Waals surface area contributed by atoms with E-state index in [1.807, 2.05) is 13.1 Å². The summed E-state index contributed by atoms with van der Waals surface area (Å²) in [6.45, 7) is 7.37. The molecule has 0 amide bonds. The summed E-state index contributed by atoms with van der Waals surface area (Å²) in [4.78, 5) is 0. The molecule has 0 fully saturated rings. The quantitative estimate of drug-likeness (QED) is 0.684. The fraction of sp³-hybridized carbons (Fsp3) is 0.778. The number of hydrogen-bond donors (Lipinski definition) is 1. The molecule has 5 nitrogen and oxygen atoms in total. The minimum Gasteiger partial charge on any atom is -0.380 e. The maximum atomic E-state index is 5.29. The van der Waals surface area contributed by atoms with E-state index in [1.54, 1.807) is 10.9 Å². The van der Waals surface area contributed by atoms with Crippen LogP contribution in [0.4, 0.5) is 0 Å². The van der Waals surface area contributed by atoms with E-state index in [4.69, 9.17) is 4.74 Å². The molecule has 0 aliphatic heterocycles. The van der Waals surface area contributed by atoms with Crippen LogP contribution in [-0.4, -0.2) is 40.8 Å². The zero-order valence-electron chi connectivity index (χ0n) is 8.81. The third kappa shape index (κ3) is 4.34. The molecule has 0 aromatic carbocycles. The van der Waals surface area contributed by atoms with Gasteiger partial charge in [0.15, 0.2) is 0 Å². The smallest absolute Gasteiger partial charge is 0.0692 e. The first-order chi connectivity index (χ1) is 6.83. The summed E-state index contributed by atoms with van der Waals surface area (Å²) >= 11 is 0. The van der Waals surface area contributed by atoms with Crippen LogP contribution in [0.15, 0.2) is 12.4 Å². The molecule has 0 spiro atoms. The lowest BCUT2D eigenvalue weighted by atomic mass is 10.3. The molecule has 1 atom stereocenters. The molecule has 0 saturated heterocycles. The van der Waals surface area contributed by atoms with Crippen molar-refractivity contribution in [2.75, 3.05) is 19.8 Å². The van der Waals surface area contributed by atoms with Crippen LogP contribution in [0.5, 0.6) is 0 Å². The zero-order valence-corrected chi connectivity index (χ0v) is 8.81. The summed E-state index contributed by atoms with van der Waals surface area (Å²) in [5.41, 5.74) is 0. The predicted octanol–water partition coefficient (Wildman–Crippen LogP) is 0.293. The Labute approximate surface area is 84.4 Å². The second-order valence-electron chi connectivity index (χ2n) is 3.18. The normalized spacial score (nSPS) is 13.0. The predicted molar refractivity (Wildman–Crippen MR) is 54.0 cm³/mol. The molecule has 0 saturated carbocycles. The SMILES string of the molecule is CCOCC(C)NCCn1ccnn1. The first-order valence-corrected chi connectivity index (χ1v) is 4.98. The Morgan fingerprint density at radius 1 is 1.57 bits per heavy atom. The first-order valence-electron chi connectivity index (χ1n) is 4.98. The van der Waals surface area contributed by atoms with Crippen molar-refractivity contribution in [2.24, 2.45) is 0 Å². The molecule has 1 heterocycles. The van der Waals surface area contributed by atoms with Gasteiger partial charge in [0.25, 0.3) is 0 Å².